The monoisotopic (exact) mass is 397 g/mol. The fourth-order valence-corrected chi connectivity index (χ4v) is 4.28. The van der Waals surface area contributed by atoms with E-state index in [9.17, 15) is 13.2 Å². The van der Waals surface area contributed by atoms with Gasteiger partial charge in [-0.25, -0.2) is 8.42 Å². The van der Waals surface area contributed by atoms with Gasteiger partial charge in [-0.15, -0.1) is 0 Å². The van der Waals surface area contributed by atoms with Crippen LogP contribution in [0.15, 0.2) is 70.0 Å². The number of hydrogen-bond donors (Lipinski definition) is 0. The smallest absolute Gasteiger partial charge is 0.289 e. The summed E-state index contributed by atoms with van der Waals surface area (Å²) < 4.78 is 30.5. The van der Waals surface area contributed by atoms with Crippen molar-refractivity contribution >= 4 is 15.7 Å². The van der Waals surface area contributed by atoms with Crippen molar-refractivity contribution in [1.29, 1.82) is 0 Å². The van der Waals surface area contributed by atoms with E-state index in [0.29, 0.717) is 6.54 Å². The number of sulfone groups is 1. The van der Waals surface area contributed by atoms with Crippen LogP contribution in [0.25, 0.3) is 0 Å². The predicted octanol–water partition coefficient (Wildman–Crippen LogP) is 4.14. The zero-order valence-electron chi connectivity index (χ0n) is 16.2. The largest absolute Gasteiger partial charge is 0.455 e. The Hall–Kier alpha value is -2.86. The molecule has 28 heavy (non-hydrogen) atoms. The highest BCUT2D eigenvalue weighted by atomic mass is 32.2. The summed E-state index contributed by atoms with van der Waals surface area (Å²) in [6.45, 7) is 4.49. The van der Waals surface area contributed by atoms with E-state index in [-0.39, 0.29) is 28.1 Å². The van der Waals surface area contributed by atoms with E-state index in [1.165, 1.54) is 11.6 Å². The molecule has 5 nitrogen and oxygen atoms in total. The van der Waals surface area contributed by atoms with Crippen LogP contribution in [0.2, 0.25) is 0 Å². The molecule has 6 heteroatoms. The van der Waals surface area contributed by atoms with Gasteiger partial charge in [0.05, 0.1) is 4.90 Å². The highest BCUT2D eigenvalue weighted by Gasteiger charge is 2.21. The van der Waals surface area contributed by atoms with E-state index in [2.05, 4.69) is 6.07 Å². The summed E-state index contributed by atoms with van der Waals surface area (Å²) in [5, 5.41) is 0. The third kappa shape index (κ3) is 4.51. The Labute approximate surface area is 165 Å². The van der Waals surface area contributed by atoms with E-state index in [1.54, 1.807) is 48.3 Å². The lowest BCUT2D eigenvalue weighted by Crippen LogP contribution is -2.26. The summed E-state index contributed by atoms with van der Waals surface area (Å²) >= 11 is 0. The van der Waals surface area contributed by atoms with Gasteiger partial charge in [-0.3, -0.25) is 4.79 Å². The van der Waals surface area contributed by atoms with E-state index in [1.807, 2.05) is 26.0 Å². The molecule has 1 aromatic heterocycles. The van der Waals surface area contributed by atoms with Crippen molar-refractivity contribution in [1.82, 2.24) is 4.90 Å². The van der Waals surface area contributed by atoms with Gasteiger partial charge in [0.15, 0.2) is 15.6 Å². The summed E-state index contributed by atoms with van der Waals surface area (Å²) in [5.41, 5.74) is 3.35. The number of carbonyl (C=O) groups is 1. The molecule has 0 fully saturated rings. The van der Waals surface area contributed by atoms with Crippen molar-refractivity contribution in [3.63, 3.8) is 0 Å². The molecule has 0 aliphatic heterocycles. The lowest BCUT2D eigenvalue weighted by molar-refractivity contribution is 0.0751. The molecular weight excluding hydrogens is 374 g/mol. The Morgan fingerprint density at radius 3 is 2.39 bits per heavy atom. The first-order chi connectivity index (χ1) is 13.3. The lowest BCUT2D eigenvalue weighted by atomic mass is 10.1. The highest BCUT2D eigenvalue weighted by molar-refractivity contribution is 7.90. The van der Waals surface area contributed by atoms with Crippen LogP contribution in [0.3, 0.4) is 0 Å². The standard InChI is InChI=1S/C22H23NO4S/c1-16-9-10-18(17(2)13-16)14-23(3)22(24)21-12-11-19(27-21)15-28(25,26)20-7-5-4-6-8-20/h4-13H,14-15H2,1-3H3. The van der Waals surface area contributed by atoms with E-state index >= 15 is 0 Å². The van der Waals surface area contributed by atoms with Crippen molar-refractivity contribution in [3.8, 4) is 0 Å². The second-order valence-corrected chi connectivity index (χ2v) is 8.92. The second-order valence-electron chi connectivity index (χ2n) is 6.93. The number of amides is 1. The van der Waals surface area contributed by atoms with E-state index in [4.69, 9.17) is 4.42 Å². The van der Waals surface area contributed by atoms with Crippen LogP contribution in [-0.4, -0.2) is 26.3 Å². The van der Waals surface area contributed by atoms with Crippen molar-refractivity contribution < 1.29 is 17.6 Å². The fourth-order valence-electron chi connectivity index (χ4n) is 3.01. The zero-order valence-corrected chi connectivity index (χ0v) is 17.0. The van der Waals surface area contributed by atoms with Crippen molar-refractivity contribution in [2.75, 3.05) is 7.05 Å². The minimum atomic E-state index is -3.52. The van der Waals surface area contributed by atoms with Crippen molar-refractivity contribution in [3.05, 3.63) is 88.9 Å². The molecule has 0 saturated heterocycles. The van der Waals surface area contributed by atoms with Crippen LogP contribution >= 0.6 is 0 Å². The molecule has 1 heterocycles. The summed E-state index contributed by atoms with van der Waals surface area (Å²) in [5.74, 6) is -0.202. The maximum atomic E-state index is 12.7. The van der Waals surface area contributed by atoms with Crippen LogP contribution in [0, 0.1) is 13.8 Å². The number of rotatable bonds is 6. The molecule has 0 aliphatic rings. The number of hydrogen-bond acceptors (Lipinski definition) is 4. The molecule has 0 radical (unpaired) electrons. The molecule has 0 saturated carbocycles. The molecule has 3 aromatic rings. The van der Waals surface area contributed by atoms with Gasteiger partial charge in [0.25, 0.3) is 5.91 Å². The number of furan rings is 1. The van der Waals surface area contributed by atoms with Crippen LogP contribution in [0.4, 0.5) is 0 Å². The van der Waals surface area contributed by atoms with Gasteiger partial charge in [0.2, 0.25) is 0 Å². The maximum Gasteiger partial charge on any atom is 0.289 e. The predicted molar refractivity (Wildman–Crippen MR) is 108 cm³/mol. The van der Waals surface area contributed by atoms with Gasteiger partial charge >= 0.3 is 0 Å². The Morgan fingerprint density at radius 1 is 1.00 bits per heavy atom. The van der Waals surface area contributed by atoms with Crippen molar-refractivity contribution in [2.45, 2.75) is 31.0 Å². The Kier molecular flexibility index (Phi) is 5.70. The van der Waals surface area contributed by atoms with E-state index < -0.39 is 9.84 Å². The topological polar surface area (TPSA) is 67.6 Å². The van der Waals surface area contributed by atoms with Gasteiger partial charge in [0, 0.05) is 13.6 Å². The molecule has 0 N–H and O–H groups in total. The molecule has 0 unspecified atom stereocenters. The minimum Gasteiger partial charge on any atom is -0.455 e. The Balaban J connectivity index is 1.71. The average Bonchev–Trinajstić information content (AvgIpc) is 3.11. The molecule has 0 aliphatic carbocycles. The van der Waals surface area contributed by atoms with Gasteiger partial charge in [0.1, 0.15) is 11.5 Å². The van der Waals surface area contributed by atoms with Gasteiger partial charge in [-0.05, 0) is 49.2 Å². The summed E-state index contributed by atoms with van der Waals surface area (Å²) in [6.07, 6.45) is 0. The van der Waals surface area contributed by atoms with Crippen LogP contribution in [0.1, 0.15) is 33.0 Å². The highest BCUT2D eigenvalue weighted by Crippen LogP contribution is 2.20. The first-order valence-corrected chi connectivity index (χ1v) is 10.6. The minimum absolute atomic E-state index is 0.130. The zero-order chi connectivity index (χ0) is 20.3. The third-order valence-corrected chi connectivity index (χ3v) is 6.21. The number of benzene rings is 2. The fraction of sp³-hybridized carbons (Fsp3) is 0.227. The first-order valence-electron chi connectivity index (χ1n) is 8.94. The lowest BCUT2D eigenvalue weighted by Gasteiger charge is -2.17. The molecular formula is C22H23NO4S. The molecule has 0 spiro atoms. The quantitative estimate of drug-likeness (QED) is 0.627. The van der Waals surface area contributed by atoms with Gasteiger partial charge in [-0.2, -0.15) is 0 Å². The third-order valence-electron chi connectivity index (χ3n) is 4.56. The molecule has 0 bridgehead atoms. The average molecular weight is 397 g/mol. The number of carbonyl (C=O) groups excluding carboxylic acids is 1. The molecule has 0 atom stereocenters. The van der Waals surface area contributed by atoms with E-state index in [0.717, 1.165) is 11.1 Å². The molecule has 2 aromatic carbocycles. The van der Waals surface area contributed by atoms with Crippen LogP contribution < -0.4 is 0 Å². The first kappa shape index (κ1) is 19.9. The SMILES string of the molecule is Cc1ccc(CN(C)C(=O)c2ccc(CS(=O)(=O)c3ccccc3)o2)c(C)c1. The number of nitrogens with zero attached hydrogens (tertiary/aromatic N) is 1. The molecule has 1 amide bonds. The van der Waals surface area contributed by atoms with Gasteiger partial charge in [-0.1, -0.05) is 42.0 Å². The van der Waals surface area contributed by atoms with Crippen molar-refractivity contribution in [2.24, 2.45) is 0 Å². The number of aryl methyl sites for hydroxylation is 2. The Bertz CT molecular complexity index is 1080. The van der Waals surface area contributed by atoms with Crippen LogP contribution in [0.5, 0.6) is 0 Å². The second kappa shape index (κ2) is 8.02. The van der Waals surface area contributed by atoms with Gasteiger partial charge < -0.3 is 9.32 Å². The van der Waals surface area contributed by atoms with Crippen LogP contribution in [-0.2, 0) is 22.1 Å². The normalized spacial score (nSPS) is 11.4. The Morgan fingerprint density at radius 2 is 1.71 bits per heavy atom. The summed E-state index contributed by atoms with van der Waals surface area (Å²) in [6, 6.07) is 17.4. The molecule has 3 rings (SSSR count). The summed E-state index contributed by atoms with van der Waals surface area (Å²) in [7, 11) is -1.82. The molecule has 146 valence electrons. The summed E-state index contributed by atoms with van der Waals surface area (Å²) in [4.78, 5) is 14.4. The maximum absolute atomic E-state index is 12.7.